The maximum Gasteiger partial charge on any atom is 0.359 e. The van der Waals surface area contributed by atoms with Gasteiger partial charge >= 0.3 is 5.97 Å². The first-order chi connectivity index (χ1) is 15.9. The van der Waals surface area contributed by atoms with E-state index in [2.05, 4.69) is 15.3 Å². The summed E-state index contributed by atoms with van der Waals surface area (Å²) in [4.78, 5) is 35.2. The van der Waals surface area contributed by atoms with Gasteiger partial charge in [-0.15, -0.1) is 0 Å². The number of aromatic nitrogens is 2. The van der Waals surface area contributed by atoms with Crippen molar-refractivity contribution in [1.29, 1.82) is 0 Å². The van der Waals surface area contributed by atoms with Crippen LogP contribution >= 0.6 is 23.2 Å². The summed E-state index contributed by atoms with van der Waals surface area (Å²) < 4.78 is 5.50. The quantitative estimate of drug-likeness (QED) is 0.451. The van der Waals surface area contributed by atoms with Crippen molar-refractivity contribution in [1.82, 2.24) is 15.3 Å². The van der Waals surface area contributed by atoms with Crippen LogP contribution in [-0.2, 0) is 4.74 Å². The molecule has 0 radical (unpaired) electrons. The Kier molecular flexibility index (Phi) is 7.92. The van der Waals surface area contributed by atoms with Crippen LogP contribution < -0.4 is 5.32 Å². The molecule has 3 rings (SSSR count). The van der Waals surface area contributed by atoms with Crippen LogP contribution in [0.25, 0.3) is 22.5 Å². The van der Waals surface area contributed by atoms with Crippen LogP contribution in [0.15, 0.2) is 48.5 Å². The van der Waals surface area contributed by atoms with E-state index in [1.165, 1.54) is 6.92 Å². The van der Waals surface area contributed by atoms with Crippen molar-refractivity contribution in [2.75, 3.05) is 6.54 Å². The molecular weight excluding hydrogens is 477 g/mol. The van der Waals surface area contributed by atoms with Crippen LogP contribution in [0.3, 0.4) is 0 Å². The fraction of sp³-hybridized carbons (Fsp3) is 0.280. The van der Waals surface area contributed by atoms with Gasteiger partial charge in [0.15, 0.2) is 11.4 Å². The van der Waals surface area contributed by atoms with Gasteiger partial charge in [0.2, 0.25) is 0 Å². The second-order valence-electron chi connectivity index (χ2n) is 8.69. The molecule has 7 nitrogen and oxygen atoms in total. The second-order valence-corrected chi connectivity index (χ2v) is 9.57. The zero-order valence-corrected chi connectivity index (χ0v) is 20.7. The molecule has 178 valence electrons. The molecule has 0 saturated heterocycles. The largest absolute Gasteiger partial charge is 0.455 e. The molecule has 0 bridgehead atoms. The van der Waals surface area contributed by atoms with Gasteiger partial charge in [0.1, 0.15) is 5.60 Å². The molecule has 0 aliphatic heterocycles. The second kappa shape index (κ2) is 10.5. The third-order valence-electron chi connectivity index (χ3n) is 4.50. The van der Waals surface area contributed by atoms with Crippen LogP contribution in [0.5, 0.6) is 0 Å². The zero-order valence-electron chi connectivity index (χ0n) is 19.2. The van der Waals surface area contributed by atoms with E-state index in [0.717, 1.165) is 0 Å². The van der Waals surface area contributed by atoms with Gasteiger partial charge in [-0.2, -0.15) is 0 Å². The Morgan fingerprint density at radius 2 is 1.35 bits per heavy atom. The Morgan fingerprint density at radius 3 is 1.76 bits per heavy atom. The molecule has 1 unspecified atom stereocenters. The summed E-state index contributed by atoms with van der Waals surface area (Å²) in [7, 11) is 0. The molecule has 0 spiro atoms. The number of rotatable bonds is 6. The van der Waals surface area contributed by atoms with Gasteiger partial charge in [-0.05, 0) is 52.0 Å². The van der Waals surface area contributed by atoms with Crippen LogP contribution in [-0.4, -0.2) is 45.2 Å². The minimum absolute atomic E-state index is 0.0243. The summed E-state index contributed by atoms with van der Waals surface area (Å²) in [5.41, 5.74) is 0.755. The molecule has 0 fully saturated rings. The third-order valence-corrected chi connectivity index (χ3v) is 5.00. The molecule has 9 heteroatoms. The van der Waals surface area contributed by atoms with Crippen molar-refractivity contribution in [2.24, 2.45) is 0 Å². The molecule has 1 atom stereocenters. The summed E-state index contributed by atoms with van der Waals surface area (Å²) in [6, 6.07) is 13.8. The predicted molar refractivity (Wildman–Crippen MR) is 132 cm³/mol. The maximum absolute atomic E-state index is 13.1. The van der Waals surface area contributed by atoms with Gasteiger partial charge in [0.05, 0.1) is 17.5 Å². The van der Waals surface area contributed by atoms with Crippen LogP contribution in [0.1, 0.15) is 48.7 Å². The van der Waals surface area contributed by atoms with Crippen molar-refractivity contribution < 1.29 is 19.4 Å². The number of aliphatic hydroxyl groups excluding tert-OH is 1. The van der Waals surface area contributed by atoms with Crippen LogP contribution in [0.2, 0.25) is 10.0 Å². The van der Waals surface area contributed by atoms with E-state index >= 15 is 0 Å². The van der Waals surface area contributed by atoms with Gasteiger partial charge in [-0.25, -0.2) is 14.8 Å². The summed E-state index contributed by atoms with van der Waals surface area (Å²) in [6.07, 6.45) is -0.786. The van der Waals surface area contributed by atoms with E-state index in [9.17, 15) is 14.7 Å². The molecule has 0 saturated carbocycles. The number of nitrogens with one attached hydrogen (secondary N) is 1. The number of amides is 1. The highest BCUT2D eigenvalue weighted by molar-refractivity contribution is 6.31. The van der Waals surface area contributed by atoms with Crippen LogP contribution in [0, 0.1) is 0 Å². The minimum Gasteiger partial charge on any atom is -0.455 e. The highest BCUT2D eigenvalue weighted by atomic mass is 35.5. The third kappa shape index (κ3) is 6.53. The number of carbonyl (C=O) groups excluding carboxylic acids is 2. The van der Waals surface area contributed by atoms with E-state index in [4.69, 9.17) is 27.9 Å². The number of nitrogens with zero attached hydrogens (tertiary/aromatic N) is 2. The van der Waals surface area contributed by atoms with Gasteiger partial charge in [-0.1, -0.05) is 47.5 Å². The normalized spacial score (nSPS) is 12.2. The fourth-order valence-electron chi connectivity index (χ4n) is 3.00. The van der Waals surface area contributed by atoms with Gasteiger partial charge < -0.3 is 15.2 Å². The van der Waals surface area contributed by atoms with Crippen molar-refractivity contribution in [2.45, 2.75) is 39.4 Å². The molecule has 0 aliphatic rings. The molecule has 2 aromatic carbocycles. The lowest BCUT2D eigenvalue weighted by Gasteiger charge is -2.21. The summed E-state index contributed by atoms with van der Waals surface area (Å²) in [5.74, 6) is -1.45. The number of hydrogen-bond acceptors (Lipinski definition) is 6. The number of carbonyl (C=O) groups is 2. The van der Waals surface area contributed by atoms with Gasteiger partial charge in [-0.3, -0.25) is 4.79 Å². The number of benzene rings is 2. The number of halogens is 2. The van der Waals surface area contributed by atoms with Gasteiger partial charge in [0.25, 0.3) is 5.91 Å². The smallest absolute Gasteiger partial charge is 0.359 e. The summed E-state index contributed by atoms with van der Waals surface area (Å²) in [5, 5.41) is 13.2. The van der Waals surface area contributed by atoms with Crippen molar-refractivity contribution in [3.8, 4) is 22.5 Å². The standard InChI is InChI=1S/C25H25Cl2N3O4/c1-14(31)13-28-23(32)21-22(24(33)34-25(2,3)4)30-20(16-7-11-18(27)12-8-16)19(29-21)15-5-9-17(26)10-6-15/h5-12,14,31H,13H2,1-4H3,(H,28,32). The van der Waals surface area contributed by atoms with E-state index in [1.54, 1.807) is 69.3 Å². The number of hydrogen-bond donors (Lipinski definition) is 2. The lowest BCUT2D eigenvalue weighted by molar-refractivity contribution is 0.00602. The average Bonchev–Trinajstić information content (AvgIpc) is 2.76. The first-order valence-electron chi connectivity index (χ1n) is 10.6. The van der Waals surface area contributed by atoms with E-state index in [0.29, 0.717) is 32.6 Å². The van der Waals surface area contributed by atoms with Crippen molar-refractivity contribution >= 4 is 35.1 Å². The Balaban J connectivity index is 2.26. The first kappa shape index (κ1) is 25.6. The molecule has 3 aromatic rings. The lowest BCUT2D eigenvalue weighted by Crippen LogP contribution is -2.34. The van der Waals surface area contributed by atoms with Crippen LogP contribution in [0.4, 0.5) is 0 Å². The Labute approximate surface area is 208 Å². The van der Waals surface area contributed by atoms with E-state index in [-0.39, 0.29) is 17.9 Å². The Hall–Kier alpha value is -3.00. The molecular formula is C25H25Cl2N3O4. The molecule has 1 aromatic heterocycles. The Morgan fingerprint density at radius 1 is 0.912 bits per heavy atom. The lowest BCUT2D eigenvalue weighted by atomic mass is 10.0. The fourth-order valence-corrected chi connectivity index (χ4v) is 3.26. The zero-order chi connectivity index (χ0) is 25.0. The highest BCUT2D eigenvalue weighted by Gasteiger charge is 2.29. The van der Waals surface area contributed by atoms with Gasteiger partial charge in [0, 0.05) is 27.7 Å². The molecule has 1 amide bonds. The minimum atomic E-state index is -0.818. The predicted octanol–water partition coefficient (Wildman–Crippen LogP) is 5.18. The SMILES string of the molecule is CC(O)CNC(=O)c1nc(-c2ccc(Cl)cc2)c(-c2ccc(Cl)cc2)nc1C(=O)OC(C)(C)C. The topological polar surface area (TPSA) is 101 Å². The monoisotopic (exact) mass is 501 g/mol. The van der Waals surface area contributed by atoms with Crippen molar-refractivity contribution in [3.63, 3.8) is 0 Å². The molecule has 2 N–H and O–H groups in total. The van der Waals surface area contributed by atoms with E-state index < -0.39 is 23.6 Å². The number of esters is 1. The number of ether oxygens (including phenoxy) is 1. The molecule has 34 heavy (non-hydrogen) atoms. The number of aliphatic hydroxyl groups is 1. The van der Waals surface area contributed by atoms with Crippen molar-refractivity contribution in [3.05, 3.63) is 70.0 Å². The highest BCUT2D eigenvalue weighted by Crippen LogP contribution is 2.32. The first-order valence-corrected chi connectivity index (χ1v) is 11.3. The average molecular weight is 502 g/mol. The van der Waals surface area contributed by atoms with E-state index in [1.807, 2.05) is 0 Å². The molecule has 1 heterocycles. The molecule has 0 aliphatic carbocycles. The maximum atomic E-state index is 13.1. The Bertz CT molecular complexity index is 1190. The summed E-state index contributed by atoms with van der Waals surface area (Å²) >= 11 is 12.1. The summed E-state index contributed by atoms with van der Waals surface area (Å²) in [6.45, 7) is 6.65.